The SMILES string of the molecule is O=C(COC(=O)Cn1cnc2ccccc2c1=O)Nc1c(F)cc(F)cc1Br. The molecule has 1 heterocycles. The van der Waals surface area contributed by atoms with E-state index in [1.165, 1.54) is 6.33 Å². The minimum absolute atomic E-state index is 0.00142. The van der Waals surface area contributed by atoms with Gasteiger partial charge in [0.15, 0.2) is 12.4 Å². The quantitative estimate of drug-likeness (QED) is 0.602. The zero-order valence-corrected chi connectivity index (χ0v) is 15.7. The van der Waals surface area contributed by atoms with Crippen LogP contribution in [0.5, 0.6) is 0 Å². The van der Waals surface area contributed by atoms with Crippen LogP contribution in [0.2, 0.25) is 0 Å². The number of anilines is 1. The van der Waals surface area contributed by atoms with Gasteiger partial charge in [0.2, 0.25) is 0 Å². The lowest BCUT2D eigenvalue weighted by Gasteiger charge is -2.10. The van der Waals surface area contributed by atoms with E-state index in [0.29, 0.717) is 17.0 Å². The maximum Gasteiger partial charge on any atom is 0.326 e. The second-order valence-electron chi connectivity index (χ2n) is 5.65. The van der Waals surface area contributed by atoms with E-state index in [1.807, 2.05) is 0 Å². The molecular formula is C18H12BrF2N3O4. The van der Waals surface area contributed by atoms with Gasteiger partial charge in [-0.05, 0) is 34.1 Å². The highest BCUT2D eigenvalue weighted by molar-refractivity contribution is 9.10. The van der Waals surface area contributed by atoms with Crippen LogP contribution in [0.4, 0.5) is 14.5 Å². The van der Waals surface area contributed by atoms with Gasteiger partial charge in [0, 0.05) is 10.5 Å². The number of carbonyl (C=O) groups is 2. The van der Waals surface area contributed by atoms with E-state index in [-0.39, 0.29) is 10.2 Å². The average Bonchev–Trinajstić information content (AvgIpc) is 2.65. The highest BCUT2D eigenvalue weighted by atomic mass is 79.9. The van der Waals surface area contributed by atoms with Crippen LogP contribution >= 0.6 is 15.9 Å². The summed E-state index contributed by atoms with van der Waals surface area (Å²) >= 11 is 2.93. The molecule has 28 heavy (non-hydrogen) atoms. The molecule has 0 aliphatic rings. The summed E-state index contributed by atoms with van der Waals surface area (Å²) in [4.78, 5) is 40.1. The lowest BCUT2D eigenvalue weighted by Crippen LogP contribution is -2.28. The van der Waals surface area contributed by atoms with E-state index in [0.717, 1.165) is 10.6 Å². The Hall–Kier alpha value is -3.14. The third kappa shape index (κ3) is 4.39. The maximum atomic E-state index is 13.7. The van der Waals surface area contributed by atoms with Crippen molar-refractivity contribution in [2.75, 3.05) is 11.9 Å². The maximum absolute atomic E-state index is 13.7. The van der Waals surface area contributed by atoms with Gasteiger partial charge in [0.05, 0.1) is 22.9 Å². The molecule has 0 fully saturated rings. The van der Waals surface area contributed by atoms with Crippen molar-refractivity contribution in [2.45, 2.75) is 6.54 Å². The number of nitrogens with zero attached hydrogens (tertiary/aromatic N) is 2. The Morgan fingerprint density at radius 2 is 1.96 bits per heavy atom. The summed E-state index contributed by atoms with van der Waals surface area (Å²) in [6, 6.07) is 8.22. The van der Waals surface area contributed by atoms with Crippen LogP contribution in [-0.4, -0.2) is 28.0 Å². The second kappa shape index (κ2) is 8.26. The Balaban J connectivity index is 1.61. The van der Waals surface area contributed by atoms with Crippen LogP contribution in [0.15, 0.2) is 52.0 Å². The van der Waals surface area contributed by atoms with Crippen molar-refractivity contribution in [3.63, 3.8) is 0 Å². The van der Waals surface area contributed by atoms with Crippen LogP contribution in [-0.2, 0) is 20.9 Å². The van der Waals surface area contributed by atoms with E-state index < -0.39 is 42.2 Å². The van der Waals surface area contributed by atoms with E-state index in [2.05, 4.69) is 26.2 Å². The summed E-state index contributed by atoms with van der Waals surface area (Å²) in [6.07, 6.45) is 1.21. The molecule has 0 radical (unpaired) electrons. The molecule has 0 spiro atoms. The van der Waals surface area contributed by atoms with Crippen LogP contribution in [0.1, 0.15) is 0 Å². The molecule has 10 heteroatoms. The van der Waals surface area contributed by atoms with Crippen molar-refractivity contribution in [3.8, 4) is 0 Å². The summed E-state index contributed by atoms with van der Waals surface area (Å²) in [5.41, 5.74) is -0.217. The number of hydrogen-bond donors (Lipinski definition) is 1. The molecule has 0 bridgehead atoms. The number of rotatable bonds is 5. The van der Waals surface area contributed by atoms with Gasteiger partial charge in [-0.3, -0.25) is 19.0 Å². The number of aromatic nitrogens is 2. The van der Waals surface area contributed by atoms with Gasteiger partial charge in [-0.15, -0.1) is 0 Å². The number of ether oxygens (including phenoxy) is 1. The van der Waals surface area contributed by atoms with E-state index in [4.69, 9.17) is 4.74 Å². The smallest absolute Gasteiger partial charge is 0.326 e. The van der Waals surface area contributed by atoms with Gasteiger partial charge in [0.1, 0.15) is 12.4 Å². The summed E-state index contributed by atoms with van der Waals surface area (Å²) in [5, 5.41) is 2.51. The van der Waals surface area contributed by atoms with Gasteiger partial charge < -0.3 is 10.1 Å². The summed E-state index contributed by atoms with van der Waals surface area (Å²) < 4.78 is 32.6. The lowest BCUT2D eigenvalue weighted by atomic mass is 10.2. The monoisotopic (exact) mass is 451 g/mol. The first-order valence-electron chi connectivity index (χ1n) is 7.89. The topological polar surface area (TPSA) is 90.3 Å². The van der Waals surface area contributed by atoms with Crippen molar-refractivity contribution >= 4 is 44.4 Å². The Morgan fingerprint density at radius 1 is 1.21 bits per heavy atom. The van der Waals surface area contributed by atoms with Gasteiger partial charge >= 0.3 is 5.97 Å². The Bertz CT molecular complexity index is 1110. The first-order chi connectivity index (χ1) is 13.3. The molecule has 1 amide bonds. The minimum atomic E-state index is -0.986. The van der Waals surface area contributed by atoms with Crippen LogP contribution in [0, 0.1) is 11.6 Å². The van der Waals surface area contributed by atoms with E-state index >= 15 is 0 Å². The number of fused-ring (bicyclic) bond motifs is 1. The van der Waals surface area contributed by atoms with Gasteiger partial charge in [-0.1, -0.05) is 12.1 Å². The van der Waals surface area contributed by atoms with Crippen molar-refractivity contribution in [3.05, 3.63) is 69.2 Å². The Labute approximate surface area is 165 Å². The van der Waals surface area contributed by atoms with Crippen LogP contribution in [0.3, 0.4) is 0 Å². The number of hydrogen-bond acceptors (Lipinski definition) is 5. The summed E-state index contributed by atoms with van der Waals surface area (Å²) in [5.74, 6) is -3.49. The standard InChI is InChI=1S/C18H12BrF2N3O4/c19-12-5-10(20)6-13(21)17(12)23-15(25)8-28-16(26)7-24-9-22-14-4-2-1-3-11(14)18(24)27/h1-6,9H,7-8H2,(H,23,25). The fraction of sp³-hybridized carbons (Fsp3) is 0.111. The fourth-order valence-electron chi connectivity index (χ4n) is 2.39. The van der Waals surface area contributed by atoms with Crippen molar-refractivity contribution in [1.29, 1.82) is 0 Å². The highest BCUT2D eigenvalue weighted by Crippen LogP contribution is 2.26. The Kier molecular flexibility index (Phi) is 5.78. The molecule has 0 atom stereocenters. The molecule has 2 aromatic carbocycles. The molecule has 0 saturated heterocycles. The molecule has 1 aromatic heterocycles. The normalized spacial score (nSPS) is 10.7. The molecular weight excluding hydrogens is 440 g/mol. The third-order valence-corrected chi connectivity index (χ3v) is 4.29. The van der Waals surface area contributed by atoms with Crippen LogP contribution < -0.4 is 10.9 Å². The average molecular weight is 452 g/mol. The predicted octanol–water partition coefficient (Wildman–Crippen LogP) is 2.62. The van der Waals surface area contributed by atoms with Crippen molar-refractivity contribution < 1.29 is 23.1 Å². The molecule has 0 saturated carbocycles. The minimum Gasteiger partial charge on any atom is -0.454 e. The molecule has 3 rings (SSSR count). The number of esters is 1. The van der Waals surface area contributed by atoms with E-state index in [1.54, 1.807) is 24.3 Å². The first-order valence-corrected chi connectivity index (χ1v) is 8.68. The van der Waals surface area contributed by atoms with E-state index in [9.17, 15) is 23.2 Å². The zero-order valence-electron chi connectivity index (χ0n) is 14.1. The number of para-hydroxylation sites is 1. The van der Waals surface area contributed by atoms with Crippen molar-refractivity contribution in [1.82, 2.24) is 9.55 Å². The largest absolute Gasteiger partial charge is 0.454 e. The summed E-state index contributed by atoms with van der Waals surface area (Å²) in [6.45, 7) is -1.16. The lowest BCUT2D eigenvalue weighted by molar-refractivity contribution is -0.147. The highest BCUT2D eigenvalue weighted by Gasteiger charge is 2.15. The third-order valence-electron chi connectivity index (χ3n) is 3.67. The molecule has 0 unspecified atom stereocenters. The zero-order chi connectivity index (χ0) is 20.3. The van der Waals surface area contributed by atoms with Crippen LogP contribution in [0.25, 0.3) is 10.9 Å². The number of benzene rings is 2. The summed E-state index contributed by atoms with van der Waals surface area (Å²) in [7, 11) is 0. The van der Waals surface area contributed by atoms with Gasteiger partial charge in [-0.2, -0.15) is 0 Å². The molecule has 144 valence electrons. The second-order valence-corrected chi connectivity index (χ2v) is 6.50. The molecule has 0 aliphatic heterocycles. The Morgan fingerprint density at radius 3 is 2.71 bits per heavy atom. The fourth-order valence-corrected chi connectivity index (χ4v) is 2.89. The van der Waals surface area contributed by atoms with Gasteiger partial charge in [0.25, 0.3) is 11.5 Å². The number of halogens is 3. The van der Waals surface area contributed by atoms with Gasteiger partial charge in [-0.25, -0.2) is 13.8 Å². The number of amides is 1. The predicted molar refractivity (Wildman–Crippen MR) is 99.6 cm³/mol. The number of carbonyl (C=O) groups excluding carboxylic acids is 2. The first kappa shape index (κ1) is 19.6. The molecule has 1 N–H and O–H groups in total. The molecule has 0 aliphatic carbocycles. The molecule has 7 nitrogen and oxygen atoms in total. The number of nitrogens with one attached hydrogen (secondary N) is 1. The van der Waals surface area contributed by atoms with Crippen molar-refractivity contribution in [2.24, 2.45) is 0 Å². The molecule has 3 aromatic rings.